The van der Waals surface area contributed by atoms with E-state index >= 15 is 0 Å². The van der Waals surface area contributed by atoms with Crippen LogP contribution < -0.4 is 0 Å². The quantitative estimate of drug-likeness (QED) is 0.0858. The van der Waals surface area contributed by atoms with Gasteiger partial charge in [-0.3, -0.25) is 0 Å². The fraction of sp³-hybridized carbons (Fsp3) is 1.00. The second kappa shape index (κ2) is 21.3. The number of aliphatic hydroxyl groups is 1. The zero-order chi connectivity index (χ0) is 38.0. The van der Waals surface area contributed by atoms with Crippen molar-refractivity contribution >= 4 is 10.0 Å². The smallest absolute Gasteiger partial charge is 0.394 e. The van der Waals surface area contributed by atoms with Crippen LogP contribution in [0, 0.1) is 0 Å². The van der Waals surface area contributed by atoms with E-state index in [1.165, 1.54) is 0 Å². The lowest BCUT2D eigenvalue weighted by molar-refractivity contribution is -0.433. The van der Waals surface area contributed by atoms with Crippen LogP contribution in [0.1, 0.15) is 6.92 Å². The van der Waals surface area contributed by atoms with Gasteiger partial charge in [-0.1, -0.05) is 6.92 Å². The van der Waals surface area contributed by atoms with Crippen molar-refractivity contribution in [1.82, 2.24) is 4.31 Å². The Morgan fingerprint density at radius 1 is 0.469 bits per heavy atom. The van der Waals surface area contributed by atoms with Crippen molar-refractivity contribution < 1.29 is 104 Å². The second-order valence-electron chi connectivity index (χ2n) is 9.32. The predicted octanol–water partition coefficient (Wildman–Crippen LogP) is 3.44. The summed E-state index contributed by atoms with van der Waals surface area (Å²) in [5, 5.41) is 1.23. The van der Waals surface area contributed by atoms with Gasteiger partial charge in [-0.05, 0) is 0 Å². The Kier molecular flexibility index (Phi) is 20.7. The third-order valence-electron chi connectivity index (χ3n) is 5.87. The molecule has 25 heteroatoms. The first kappa shape index (κ1) is 47.7. The molecule has 0 fully saturated rings. The molecular formula is C24H38F13NO10S. The summed E-state index contributed by atoms with van der Waals surface area (Å²) >= 11 is 0. The summed E-state index contributed by atoms with van der Waals surface area (Å²) in [6.07, 6.45) is -7.62. The van der Waals surface area contributed by atoms with Crippen molar-refractivity contribution in [3.8, 4) is 0 Å². The van der Waals surface area contributed by atoms with E-state index in [0.717, 1.165) is 0 Å². The number of rotatable bonds is 30. The standard InChI is InChI=1S/C24H38F13NO10S/c1-2-38(49(40,41)24(36,37)22(31,32)20(27,28)19(25,26)21(29,30)23(33,34)35)3-5-42-7-9-44-11-13-46-15-17-48-18-16-47-14-12-45-10-8-43-6-4-39/h39H,2-18H2,1H3. The summed E-state index contributed by atoms with van der Waals surface area (Å²) in [5.41, 5.74) is 0. The molecule has 0 aromatic carbocycles. The van der Waals surface area contributed by atoms with Crippen LogP contribution in [0.25, 0.3) is 0 Å². The monoisotopic (exact) mass is 779 g/mol. The van der Waals surface area contributed by atoms with Crippen LogP contribution in [0.3, 0.4) is 0 Å². The lowest BCUT2D eigenvalue weighted by Gasteiger charge is -2.40. The molecule has 11 nitrogen and oxygen atoms in total. The number of aliphatic hydroxyl groups excluding tert-OH is 1. The molecule has 0 bridgehead atoms. The Morgan fingerprint density at radius 2 is 0.755 bits per heavy atom. The van der Waals surface area contributed by atoms with Crippen molar-refractivity contribution in [2.24, 2.45) is 0 Å². The van der Waals surface area contributed by atoms with E-state index in [4.69, 9.17) is 38.3 Å². The maximum atomic E-state index is 14.3. The lowest BCUT2D eigenvalue weighted by Crippen LogP contribution is -2.71. The van der Waals surface area contributed by atoms with Crippen molar-refractivity contribution in [1.29, 1.82) is 0 Å². The Balaban J connectivity index is 4.46. The van der Waals surface area contributed by atoms with Crippen LogP contribution >= 0.6 is 0 Å². The molecule has 1 N–H and O–H groups in total. The van der Waals surface area contributed by atoms with E-state index in [2.05, 4.69) is 0 Å². The van der Waals surface area contributed by atoms with Gasteiger partial charge in [0.05, 0.1) is 99.1 Å². The van der Waals surface area contributed by atoms with Gasteiger partial charge < -0.3 is 38.3 Å². The molecule has 0 atom stereocenters. The minimum Gasteiger partial charge on any atom is -0.394 e. The molecule has 296 valence electrons. The summed E-state index contributed by atoms with van der Waals surface area (Å²) in [4.78, 5) is 0. The molecule has 0 saturated carbocycles. The summed E-state index contributed by atoms with van der Waals surface area (Å²) in [6.45, 7) is -0.658. The van der Waals surface area contributed by atoms with Gasteiger partial charge >= 0.3 is 35.1 Å². The minimum atomic E-state index is -8.23. The highest BCUT2D eigenvalue weighted by molar-refractivity contribution is 7.90. The SMILES string of the molecule is CCN(CCOCCOCCOCCOCCOCCOCCOCCO)S(=O)(=O)C(F)(F)C(F)(F)C(F)(F)C(F)(F)C(F)(F)C(F)(F)F. The maximum Gasteiger partial charge on any atom is 0.460 e. The van der Waals surface area contributed by atoms with Crippen molar-refractivity contribution in [2.45, 2.75) is 42.0 Å². The number of alkyl halides is 13. The topological polar surface area (TPSA) is 122 Å². The molecule has 0 unspecified atom stereocenters. The van der Waals surface area contributed by atoms with Crippen LogP contribution in [0.15, 0.2) is 0 Å². The Bertz CT molecular complexity index is 1010. The lowest BCUT2D eigenvalue weighted by atomic mass is 9.98. The molecule has 49 heavy (non-hydrogen) atoms. The fourth-order valence-corrected chi connectivity index (χ4v) is 4.61. The van der Waals surface area contributed by atoms with E-state index in [-0.39, 0.29) is 59.5 Å². The van der Waals surface area contributed by atoms with Crippen LogP contribution in [0.5, 0.6) is 0 Å². The number of hydrogen-bond acceptors (Lipinski definition) is 10. The van der Waals surface area contributed by atoms with E-state index in [9.17, 15) is 65.5 Å². The maximum absolute atomic E-state index is 14.3. The normalized spacial score (nSPS) is 14.3. The van der Waals surface area contributed by atoms with Gasteiger partial charge in [-0.2, -0.15) is 61.4 Å². The Hall–Kier alpha value is -1.32. The van der Waals surface area contributed by atoms with Gasteiger partial charge in [0.15, 0.2) is 0 Å². The second-order valence-corrected chi connectivity index (χ2v) is 11.3. The largest absolute Gasteiger partial charge is 0.460 e. The predicted molar refractivity (Wildman–Crippen MR) is 140 cm³/mol. The Morgan fingerprint density at radius 3 is 1.04 bits per heavy atom. The van der Waals surface area contributed by atoms with Crippen molar-refractivity contribution in [3.63, 3.8) is 0 Å². The van der Waals surface area contributed by atoms with E-state index in [0.29, 0.717) is 40.0 Å². The van der Waals surface area contributed by atoms with Gasteiger partial charge in [0, 0.05) is 13.1 Å². The van der Waals surface area contributed by atoms with E-state index in [1.807, 2.05) is 0 Å². The van der Waals surface area contributed by atoms with Crippen LogP contribution in [-0.4, -0.2) is 165 Å². The van der Waals surface area contributed by atoms with Crippen molar-refractivity contribution in [2.75, 3.05) is 112 Å². The zero-order valence-corrected chi connectivity index (χ0v) is 26.7. The molecule has 0 aliphatic heterocycles. The number of likely N-dealkylation sites (N-methyl/N-ethyl adjacent to an activating group) is 1. The molecule has 0 aromatic rings. The summed E-state index contributed by atoms with van der Waals surface area (Å²) in [6, 6.07) is 0. The summed E-state index contributed by atoms with van der Waals surface area (Å²) in [5.74, 6) is -32.4. The molecular weight excluding hydrogens is 741 g/mol. The number of sulfonamides is 1. The number of hydrogen-bond donors (Lipinski definition) is 1. The number of ether oxygens (including phenoxy) is 7. The van der Waals surface area contributed by atoms with Gasteiger partial charge in [-0.15, -0.1) is 0 Å². The van der Waals surface area contributed by atoms with Crippen LogP contribution in [-0.2, 0) is 43.2 Å². The minimum absolute atomic E-state index is 0.000506. The zero-order valence-electron chi connectivity index (χ0n) is 25.9. The van der Waals surface area contributed by atoms with Gasteiger partial charge in [0.2, 0.25) is 0 Å². The van der Waals surface area contributed by atoms with E-state index in [1.54, 1.807) is 0 Å². The van der Waals surface area contributed by atoms with Crippen LogP contribution in [0.2, 0.25) is 0 Å². The highest BCUT2D eigenvalue weighted by Crippen LogP contribution is 2.61. The average molecular weight is 780 g/mol. The van der Waals surface area contributed by atoms with Gasteiger partial charge in [-0.25, -0.2) is 8.42 Å². The molecule has 0 heterocycles. The first-order chi connectivity index (χ1) is 22.5. The highest BCUT2D eigenvalue weighted by Gasteiger charge is 2.92. The van der Waals surface area contributed by atoms with E-state index < -0.39 is 69.1 Å². The highest BCUT2D eigenvalue weighted by atomic mass is 32.2. The first-order valence-electron chi connectivity index (χ1n) is 14.1. The third-order valence-corrected chi connectivity index (χ3v) is 7.90. The van der Waals surface area contributed by atoms with Crippen molar-refractivity contribution in [3.05, 3.63) is 0 Å². The van der Waals surface area contributed by atoms with Gasteiger partial charge in [0.25, 0.3) is 10.0 Å². The molecule has 0 saturated heterocycles. The molecule has 0 rings (SSSR count). The molecule has 0 aliphatic carbocycles. The van der Waals surface area contributed by atoms with Crippen LogP contribution in [0.4, 0.5) is 57.1 Å². The Labute approximate surface area is 272 Å². The number of halogens is 13. The molecule has 0 amide bonds. The molecule has 0 spiro atoms. The first-order valence-corrected chi connectivity index (χ1v) is 15.6. The summed E-state index contributed by atoms with van der Waals surface area (Å²) < 4.78 is 233. The summed E-state index contributed by atoms with van der Waals surface area (Å²) in [7, 11) is -7.11. The molecule has 0 aromatic heterocycles. The fourth-order valence-electron chi connectivity index (χ4n) is 3.18. The number of nitrogens with zero attached hydrogens (tertiary/aromatic N) is 1. The average Bonchev–Trinajstić information content (AvgIpc) is 3.00. The third kappa shape index (κ3) is 13.0. The van der Waals surface area contributed by atoms with Gasteiger partial charge in [0.1, 0.15) is 0 Å². The molecule has 0 radical (unpaired) electrons. The molecule has 0 aliphatic rings.